The van der Waals surface area contributed by atoms with Crippen LogP contribution in [0.4, 0.5) is 0 Å². The maximum atomic E-state index is 4.88. The standard InChI is InChI=1S/C4H8.2ClH.Pt/c1-3-4-2;;;/h1-4H2;2*1H;/q-2;;;+4/p-2. The Labute approximate surface area is 62.0 Å². The minimum atomic E-state index is -0.472. The van der Waals surface area contributed by atoms with E-state index in [0.717, 1.165) is 12.8 Å². The summed E-state index contributed by atoms with van der Waals surface area (Å²) in [6.07, 6.45) is 1.92. The summed E-state index contributed by atoms with van der Waals surface area (Å²) in [5.41, 5.74) is 0. The predicted octanol–water partition coefficient (Wildman–Crippen LogP) is 2.81. The van der Waals surface area contributed by atoms with Crippen LogP contribution in [-0.4, -0.2) is 0 Å². The van der Waals surface area contributed by atoms with E-state index in [1.165, 1.54) is 0 Å². The fourth-order valence-corrected chi connectivity index (χ4v) is 0. The Kier molecular flexibility index (Phi) is 24.9. The molecule has 0 atom stereocenters. The molecular weight excluding hydrogens is 314 g/mol. The van der Waals surface area contributed by atoms with Crippen molar-refractivity contribution in [1.29, 1.82) is 0 Å². The van der Waals surface area contributed by atoms with Gasteiger partial charge in [0.25, 0.3) is 0 Å². The SMILES string of the molecule is [CH2-]CC[CH2-].[Cl][Pt+2][Cl]. The molecule has 0 spiro atoms. The number of rotatable bonds is 1. The number of halogens is 2. The van der Waals surface area contributed by atoms with E-state index in [4.69, 9.17) is 18.8 Å². The zero-order chi connectivity index (χ0) is 6.12. The van der Waals surface area contributed by atoms with Gasteiger partial charge in [0.2, 0.25) is 0 Å². The molecule has 0 saturated carbocycles. The second kappa shape index (κ2) is 15.7. The average Bonchev–Trinajstić information content (AvgIpc) is 1.69. The number of unbranched alkanes of at least 4 members (excludes halogenated alkanes) is 1. The van der Waals surface area contributed by atoms with Gasteiger partial charge in [0.15, 0.2) is 0 Å². The Morgan fingerprint density at radius 1 is 1.14 bits per heavy atom. The third-order valence-electron chi connectivity index (χ3n) is 0.250. The van der Waals surface area contributed by atoms with Gasteiger partial charge in [-0.3, -0.25) is 0 Å². The predicted molar refractivity (Wildman–Crippen MR) is 31.7 cm³/mol. The van der Waals surface area contributed by atoms with Crippen LogP contribution in [-0.2, 0) is 16.5 Å². The van der Waals surface area contributed by atoms with Crippen LogP contribution < -0.4 is 0 Å². The van der Waals surface area contributed by atoms with Crippen molar-refractivity contribution in [3.63, 3.8) is 0 Å². The second-order valence-corrected chi connectivity index (χ2v) is 4.04. The van der Waals surface area contributed by atoms with Gasteiger partial charge in [-0.15, -0.1) is 0 Å². The van der Waals surface area contributed by atoms with E-state index < -0.39 is 16.5 Å². The monoisotopic (exact) mass is 321 g/mol. The van der Waals surface area contributed by atoms with Crippen LogP contribution in [0.25, 0.3) is 0 Å². The van der Waals surface area contributed by atoms with Crippen molar-refractivity contribution in [3.05, 3.63) is 13.8 Å². The topological polar surface area (TPSA) is 0 Å². The molecule has 0 amide bonds. The summed E-state index contributed by atoms with van der Waals surface area (Å²) in [4.78, 5) is 0. The Hall–Kier alpha value is 1.27. The molecule has 0 heterocycles. The first-order chi connectivity index (χ1) is 3.33. The third kappa shape index (κ3) is 39.2. The molecule has 0 rings (SSSR count). The van der Waals surface area contributed by atoms with Gasteiger partial charge in [-0.05, 0) is 0 Å². The summed E-state index contributed by atoms with van der Waals surface area (Å²) >= 11 is -0.472. The molecule has 0 N–H and O–H groups in total. The number of hydrogen-bond donors (Lipinski definition) is 0. The van der Waals surface area contributed by atoms with Gasteiger partial charge in [-0.25, -0.2) is 12.8 Å². The Balaban J connectivity index is 0. The van der Waals surface area contributed by atoms with Gasteiger partial charge < -0.3 is 13.8 Å². The zero-order valence-electron chi connectivity index (χ0n) is 3.90. The van der Waals surface area contributed by atoms with Crippen molar-refractivity contribution < 1.29 is 16.5 Å². The molecule has 0 saturated heterocycles. The molecule has 3 heteroatoms. The normalized spacial score (nSPS) is 7.43. The van der Waals surface area contributed by atoms with Gasteiger partial charge in [0.05, 0.1) is 0 Å². The van der Waals surface area contributed by atoms with Crippen LogP contribution in [0.3, 0.4) is 0 Å². The molecule has 0 aromatic carbocycles. The van der Waals surface area contributed by atoms with E-state index in [2.05, 4.69) is 13.8 Å². The summed E-state index contributed by atoms with van der Waals surface area (Å²) in [7, 11) is 9.75. The molecular formula is C4H8Cl2Pt. The zero-order valence-corrected chi connectivity index (χ0v) is 7.68. The van der Waals surface area contributed by atoms with Crippen LogP contribution in [0, 0.1) is 13.8 Å². The van der Waals surface area contributed by atoms with E-state index in [0.29, 0.717) is 0 Å². The van der Waals surface area contributed by atoms with Gasteiger partial charge in [-0.1, -0.05) is 0 Å². The van der Waals surface area contributed by atoms with Crippen molar-refractivity contribution in [1.82, 2.24) is 0 Å². The van der Waals surface area contributed by atoms with Crippen LogP contribution >= 0.6 is 18.8 Å². The van der Waals surface area contributed by atoms with Gasteiger partial charge >= 0.3 is 35.3 Å². The maximum absolute atomic E-state index is 4.88. The Morgan fingerprint density at radius 3 is 1.29 bits per heavy atom. The van der Waals surface area contributed by atoms with Crippen LogP contribution in [0.15, 0.2) is 0 Å². The molecule has 0 radical (unpaired) electrons. The van der Waals surface area contributed by atoms with Crippen molar-refractivity contribution in [2.75, 3.05) is 0 Å². The van der Waals surface area contributed by atoms with Gasteiger partial charge in [0, 0.05) is 0 Å². The molecule has 7 heavy (non-hydrogen) atoms. The summed E-state index contributed by atoms with van der Waals surface area (Å²) < 4.78 is 0. The first-order valence-electron chi connectivity index (χ1n) is 1.74. The van der Waals surface area contributed by atoms with E-state index in [1.54, 1.807) is 0 Å². The summed E-state index contributed by atoms with van der Waals surface area (Å²) in [6.45, 7) is 7.08. The fraction of sp³-hybridized carbons (Fsp3) is 0.500. The van der Waals surface area contributed by atoms with Crippen molar-refractivity contribution in [2.45, 2.75) is 12.8 Å². The molecule has 0 aromatic heterocycles. The molecule has 0 nitrogen and oxygen atoms in total. The van der Waals surface area contributed by atoms with Crippen LogP contribution in [0.5, 0.6) is 0 Å². The van der Waals surface area contributed by atoms with Gasteiger partial charge in [0.1, 0.15) is 0 Å². The summed E-state index contributed by atoms with van der Waals surface area (Å²) in [6, 6.07) is 0. The van der Waals surface area contributed by atoms with Crippen LogP contribution in [0.1, 0.15) is 12.8 Å². The minimum absolute atomic E-state index is 0.472. The van der Waals surface area contributed by atoms with Crippen molar-refractivity contribution >= 4 is 18.8 Å². The van der Waals surface area contributed by atoms with Crippen molar-refractivity contribution in [3.8, 4) is 0 Å². The molecule has 0 bridgehead atoms. The van der Waals surface area contributed by atoms with E-state index in [9.17, 15) is 0 Å². The third-order valence-corrected chi connectivity index (χ3v) is 0.250. The van der Waals surface area contributed by atoms with E-state index in [1.807, 2.05) is 0 Å². The average molecular weight is 322 g/mol. The van der Waals surface area contributed by atoms with E-state index in [-0.39, 0.29) is 0 Å². The molecule has 48 valence electrons. The number of hydrogen-bond acceptors (Lipinski definition) is 0. The molecule has 0 fully saturated rings. The Bertz CT molecular complexity index is 17.2. The molecule has 0 unspecified atom stereocenters. The first kappa shape index (κ1) is 11.1. The quantitative estimate of drug-likeness (QED) is 0.651. The molecule has 0 aliphatic carbocycles. The molecule has 0 aromatic rings. The van der Waals surface area contributed by atoms with E-state index >= 15 is 0 Å². The Morgan fingerprint density at radius 2 is 1.29 bits per heavy atom. The summed E-state index contributed by atoms with van der Waals surface area (Å²) in [5.74, 6) is 0. The summed E-state index contributed by atoms with van der Waals surface area (Å²) in [5, 5.41) is 0. The van der Waals surface area contributed by atoms with Gasteiger partial charge in [-0.2, -0.15) is 0 Å². The molecule has 0 aliphatic heterocycles. The first-order valence-corrected chi connectivity index (χ1v) is 7.37. The van der Waals surface area contributed by atoms with Crippen molar-refractivity contribution in [2.24, 2.45) is 0 Å². The second-order valence-electron chi connectivity index (χ2n) is 0.752. The molecule has 0 aliphatic rings. The fourth-order valence-electron chi connectivity index (χ4n) is 0. The van der Waals surface area contributed by atoms with Crippen LogP contribution in [0.2, 0.25) is 0 Å².